The molecule has 1 amide bonds. The molecule has 4 aromatic rings. The number of pyridine rings is 1. The zero-order chi connectivity index (χ0) is 18.2. The Labute approximate surface area is 156 Å². The third kappa shape index (κ3) is 2.75. The van der Waals surface area contributed by atoms with Crippen LogP contribution >= 0.6 is 0 Å². The number of amides is 1. The van der Waals surface area contributed by atoms with Crippen LogP contribution in [-0.4, -0.2) is 36.7 Å². The first kappa shape index (κ1) is 15.7. The molecule has 0 atom stereocenters. The average Bonchev–Trinajstić information content (AvgIpc) is 3.27. The molecule has 6 heteroatoms. The third-order valence-corrected chi connectivity index (χ3v) is 4.94. The van der Waals surface area contributed by atoms with Crippen molar-refractivity contribution < 1.29 is 4.79 Å². The Bertz CT molecular complexity index is 1100. The molecule has 0 saturated heterocycles. The lowest BCUT2D eigenvalue weighted by atomic mass is 9.99. The molecule has 132 valence electrons. The molecule has 3 aromatic heterocycles. The maximum absolute atomic E-state index is 13.0. The summed E-state index contributed by atoms with van der Waals surface area (Å²) < 4.78 is 2.00. The number of carbonyl (C=O) groups is 1. The molecule has 4 heterocycles. The number of imidazole rings is 1. The first-order chi connectivity index (χ1) is 13.3. The van der Waals surface area contributed by atoms with Crippen molar-refractivity contribution in [2.45, 2.75) is 13.0 Å². The maximum atomic E-state index is 13.0. The number of hydrogen-bond donors (Lipinski definition) is 0. The summed E-state index contributed by atoms with van der Waals surface area (Å²) in [5.74, 6) is 0.0632. The summed E-state index contributed by atoms with van der Waals surface area (Å²) in [6, 6.07) is 11.9. The highest BCUT2D eigenvalue weighted by atomic mass is 16.2. The van der Waals surface area contributed by atoms with Crippen molar-refractivity contribution in [1.82, 2.24) is 24.3 Å². The van der Waals surface area contributed by atoms with E-state index in [4.69, 9.17) is 0 Å². The van der Waals surface area contributed by atoms with E-state index >= 15 is 0 Å². The molecular weight excluding hydrogens is 338 g/mol. The minimum absolute atomic E-state index is 0.0632. The Balaban J connectivity index is 1.39. The number of rotatable bonds is 4. The number of hydrogen-bond acceptors (Lipinski definition) is 4. The second kappa shape index (κ2) is 6.32. The first-order valence-corrected chi connectivity index (χ1v) is 8.89. The largest absolute Gasteiger partial charge is 0.334 e. The van der Waals surface area contributed by atoms with E-state index in [2.05, 4.69) is 15.0 Å². The topological polar surface area (TPSA) is 63.4 Å². The van der Waals surface area contributed by atoms with Gasteiger partial charge in [-0.2, -0.15) is 0 Å². The molecular formula is C21H17N5O. The fraction of sp³-hybridized carbons (Fsp3) is 0.143. The molecule has 0 unspecified atom stereocenters. The van der Waals surface area contributed by atoms with Gasteiger partial charge in [-0.3, -0.25) is 4.79 Å². The zero-order valence-corrected chi connectivity index (χ0v) is 14.6. The van der Waals surface area contributed by atoms with Crippen LogP contribution in [0.2, 0.25) is 0 Å². The molecule has 1 aromatic carbocycles. The van der Waals surface area contributed by atoms with Gasteiger partial charge in [-0.1, -0.05) is 24.3 Å². The van der Waals surface area contributed by atoms with Crippen LogP contribution in [0.15, 0.2) is 67.5 Å². The van der Waals surface area contributed by atoms with E-state index in [9.17, 15) is 4.79 Å². The van der Waals surface area contributed by atoms with E-state index in [1.54, 1.807) is 12.4 Å². The zero-order valence-electron chi connectivity index (χ0n) is 14.6. The van der Waals surface area contributed by atoms with Crippen LogP contribution in [0.25, 0.3) is 16.8 Å². The van der Waals surface area contributed by atoms with Crippen molar-refractivity contribution in [3.63, 3.8) is 0 Å². The number of fused-ring (bicyclic) bond motifs is 2. The molecule has 0 spiro atoms. The van der Waals surface area contributed by atoms with Gasteiger partial charge in [0.15, 0.2) is 0 Å². The molecule has 6 nitrogen and oxygen atoms in total. The second-order valence-electron chi connectivity index (χ2n) is 6.64. The summed E-state index contributed by atoms with van der Waals surface area (Å²) in [7, 11) is 0. The molecule has 27 heavy (non-hydrogen) atoms. The number of carbonyl (C=O) groups excluding carboxylic acids is 1. The van der Waals surface area contributed by atoms with Gasteiger partial charge in [-0.15, -0.1) is 0 Å². The van der Waals surface area contributed by atoms with Crippen LogP contribution in [0.5, 0.6) is 0 Å². The minimum atomic E-state index is 0.0632. The minimum Gasteiger partial charge on any atom is -0.334 e. The summed E-state index contributed by atoms with van der Waals surface area (Å²) in [6.07, 6.45) is 9.72. The van der Waals surface area contributed by atoms with Crippen molar-refractivity contribution >= 4 is 11.6 Å². The van der Waals surface area contributed by atoms with Crippen LogP contribution in [0.1, 0.15) is 21.6 Å². The van der Waals surface area contributed by atoms with E-state index in [0.29, 0.717) is 13.1 Å². The lowest BCUT2D eigenvalue weighted by Gasteiger charge is -2.14. The highest BCUT2D eigenvalue weighted by Gasteiger charge is 2.30. The van der Waals surface area contributed by atoms with Crippen molar-refractivity contribution in [3.05, 3.63) is 84.3 Å². The molecule has 0 fully saturated rings. The van der Waals surface area contributed by atoms with Gasteiger partial charge < -0.3 is 9.30 Å². The van der Waals surface area contributed by atoms with Gasteiger partial charge in [0, 0.05) is 49.9 Å². The summed E-state index contributed by atoms with van der Waals surface area (Å²) in [5, 5.41) is 0. The van der Waals surface area contributed by atoms with Crippen LogP contribution in [0.4, 0.5) is 0 Å². The molecule has 0 aliphatic carbocycles. The van der Waals surface area contributed by atoms with Crippen molar-refractivity contribution in [1.29, 1.82) is 0 Å². The van der Waals surface area contributed by atoms with Gasteiger partial charge in [-0.05, 0) is 23.3 Å². The molecule has 0 bridgehead atoms. The van der Waals surface area contributed by atoms with E-state index in [0.717, 1.165) is 40.0 Å². The average molecular weight is 355 g/mol. The van der Waals surface area contributed by atoms with Gasteiger partial charge in [0.2, 0.25) is 0 Å². The summed E-state index contributed by atoms with van der Waals surface area (Å²) in [4.78, 5) is 27.7. The molecule has 1 aliphatic rings. The van der Waals surface area contributed by atoms with Gasteiger partial charge >= 0.3 is 0 Å². The van der Waals surface area contributed by atoms with E-state index in [1.165, 1.54) is 6.33 Å². The monoisotopic (exact) mass is 355 g/mol. The highest BCUT2D eigenvalue weighted by molar-refractivity contribution is 6.04. The normalized spacial score (nSPS) is 13.3. The van der Waals surface area contributed by atoms with Crippen LogP contribution in [-0.2, 0) is 13.0 Å². The van der Waals surface area contributed by atoms with Crippen LogP contribution < -0.4 is 0 Å². The Morgan fingerprint density at radius 1 is 1.04 bits per heavy atom. The van der Waals surface area contributed by atoms with E-state index in [-0.39, 0.29) is 5.91 Å². The van der Waals surface area contributed by atoms with Crippen molar-refractivity contribution in [2.75, 3.05) is 6.54 Å². The maximum Gasteiger partial charge on any atom is 0.255 e. The van der Waals surface area contributed by atoms with Crippen LogP contribution in [0.3, 0.4) is 0 Å². The van der Waals surface area contributed by atoms with Crippen molar-refractivity contribution in [2.24, 2.45) is 0 Å². The standard InChI is InChI=1S/C21H17N5O/c27-21-20-15(4-3-5-18(20)16-10-22-14-23-11-16)12-26(21)9-7-17-13-25-8-2-1-6-19(25)24-17/h1-6,8,10-11,13-14H,7,9,12H2. The summed E-state index contributed by atoms with van der Waals surface area (Å²) in [5.41, 5.74) is 5.49. The van der Waals surface area contributed by atoms with Crippen molar-refractivity contribution in [3.8, 4) is 11.1 Å². The predicted octanol–water partition coefficient (Wildman–Crippen LogP) is 2.99. The highest BCUT2D eigenvalue weighted by Crippen LogP contribution is 2.32. The fourth-order valence-electron chi connectivity index (χ4n) is 3.64. The molecule has 5 rings (SSSR count). The Morgan fingerprint density at radius 3 is 2.78 bits per heavy atom. The molecule has 0 saturated carbocycles. The molecule has 1 aliphatic heterocycles. The molecule has 0 radical (unpaired) electrons. The smallest absolute Gasteiger partial charge is 0.255 e. The fourth-order valence-corrected chi connectivity index (χ4v) is 3.64. The van der Waals surface area contributed by atoms with Gasteiger partial charge in [0.05, 0.1) is 11.3 Å². The quantitative estimate of drug-likeness (QED) is 0.565. The lowest BCUT2D eigenvalue weighted by Crippen LogP contribution is -2.26. The predicted molar refractivity (Wildman–Crippen MR) is 101 cm³/mol. The number of nitrogens with zero attached hydrogens (tertiary/aromatic N) is 5. The Morgan fingerprint density at radius 2 is 1.93 bits per heavy atom. The summed E-state index contributed by atoms with van der Waals surface area (Å²) in [6.45, 7) is 1.27. The number of aromatic nitrogens is 4. The van der Waals surface area contributed by atoms with Gasteiger partial charge in [-0.25, -0.2) is 15.0 Å². The van der Waals surface area contributed by atoms with Gasteiger partial charge in [0.1, 0.15) is 12.0 Å². The molecule has 0 N–H and O–H groups in total. The van der Waals surface area contributed by atoms with E-state index in [1.807, 2.05) is 58.1 Å². The van der Waals surface area contributed by atoms with Crippen LogP contribution in [0, 0.1) is 0 Å². The van der Waals surface area contributed by atoms with Gasteiger partial charge in [0.25, 0.3) is 5.91 Å². The lowest BCUT2D eigenvalue weighted by molar-refractivity contribution is 0.0780. The van der Waals surface area contributed by atoms with E-state index < -0.39 is 0 Å². The third-order valence-electron chi connectivity index (χ3n) is 4.94. The first-order valence-electron chi connectivity index (χ1n) is 8.89. The Kier molecular flexibility index (Phi) is 3.67. The SMILES string of the molecule is O=C1c2c(cccc2-c2cncnc2)CN1CCc1cn2ccccc2n1. The number of benzene rings is 1. The summed E-state index contributed by atoms with van der Waals surface area (Å²) >= 11 is 0. The Hall–Kier alpha value is -3.54. The second-order valence-corrected chi connectivity index (χ2v) is 6.64.